The molecule has 544 valence electrons. The Morgan fingerprint density at radius 1 is 0.476 bits per heavy atom. The van der Waals surface area contributed by atoms with Gasteiger partial charge in [-0.25, -0.2) is 51.9 Å². The molecular weight excluding hydrogens is 1440 g/mol. The van der Waals surface area contributed by atoms with Crippen LogP contribution in [0.1, 0.15) is 131 Å². The van der Waals surface area contributed by atoms with Gasteiger partial charge < -0.3 is 14.4 Å². The molecule has 30 heteroatoms. The van der Waals surface area contributed by atoms with Crippen molar-refractivity contribution in [2.75, 3.05) is 49.3 Å². The minimum Gasteiger partial charge on any atom is -0.495 e. The van der Waals surface area contributed by atoms with Crippen molar-refractivity contribution in [1.29, 1.82) is 0 Å². The molecule has 0 radical (unpaired) electrons. The fraction of sp³-hybridized carbons (Fsp3) is 0.356. The number of nitrogens with zero attached hydrogens (tertiary/aromatic N) is 10. The number of ether oxygens (including phenoxy) is 2. The van der Waals surface area contributed by atoms with Crippen LogP contribution >= 0.6 is 58.0 Å². The van der Waals surface area contributed by atoms with E-state index in [1.54, 1.807) is 75.9 Å². The van der Waals surface area contributed by atoms with Crippen molar-refractivity contribution in [3.8, 4) is 50.3 Å². The highest BCUT2D eigenvalue weighted by Crippen LogP contribution is 2.41. The maximum atomic E-state index is 13.9. The zero-order chi connectivity index (χ0) is 74.1. The third-order valence-corrected chi connectivity index (χ3v) is 20.5. The molecular formula is C73H81Cl5FN15O8S. The average molecular weight is 1520 g/mol. The zero-order valence-corrected chi connectivity index (χ0v) is 63.2. The number of H-pyrrole nitrogens is 4. The number of hydrogen-bond acceptors (Lipinski definition) is 14. The van der Waals surface area contributed by atoms with Crippen LogP contribution in [0.25, 0.3) is 89.2 Å². The maximum absolute atomic E-state index is 13.9. The molecule has 13 rings (SSSR count). The number of hydrogen-bond donors (Lipinski definition) is 5. The summed E-state index contributed by atoms with van der Waals surface area (Å²) >= 11 is 31.6. The van der Waals surface area contributed by atoms with Gasteiger partial charge in [0, 0.05) is 107 Å². The Morgan fingerprint density at radius 2 is 0.816 bits per heavy atom. The van der Waals surface area contributed by atoms with Crippen LogP contribution < -0.4 is 37.1 Å². The van der Waals surface area contributed by atoms with Crippen LogP contribution in [0, 0.1) is 5.82 Å². The van der Waals surface area contributed by atoms with E-state index in [2.05, 4.69) is 106 Å². The van der Waals surface area contributed by atoms with Gasteiger partial charge in [-0.15, -0.1) is 0 Å². The van der Waals surface area contributed by atoms with Crippen LogP contribution in [0.2, 0.25) is 25.1 Å². The van der Waals surface area contributed by atoms with Crippen molar-refractivity contribution < 1.29 is 22.3 Å². The molecule has 10 heterocycles. The number of morpholine rings is 1. The molecule has 0 atom stereocenters. The standard InChI is InChI=1S/C21H25ClN4O2.C18H21ClN4O3S.C17H16Cl2FN3O.C17H19ClN4O2/c1-3-15(4-2)26-19-18(17(22)13-23-20(19)24-21(26)27)14-5-7-16(8-6-14)25-9-11-28-12-10-25;1-4-13(5-2)23-16-15(14(19)10-20-17(16)21-18(23)24)11-6-8-12(9-7-11)22-27(3,25)26;1-3-10(4-2)23-15-14(9-5-6-11(18)13(20)7-9)12(19)8-21-16(15)22-17(23)24;1-4-11(5-2)22-15-14(10-6-12(24-3)8-19-7-10)13(18)9-20-16(15)21-17(22)23/h5-8,13,15H,3-4,9-12H2,1-2H3,(H,23,24,27);6-10,13,22H,4-5H2,1-3H3,(H,20,21,24);5-8,10H,3-4H2,1-2H3,(H,21,22,24);6-9,11H,4-5H2,1-3H3,(H,20,21,23). The number of imidazole rings is 4. The Hall–Kier alpha value is -8.82. The Kier molecular flexibility index (Phi) is 25.2. The van der Waals surface area contributed by atoms with Crippen LogP contribution in [0.4, 0.5) is 15.8 Å². The second-order valence-electron chi connectivity index (χ2n) is 24.6. The largest absolute Gasteiger partial charge is 0.495 e. The van der Waals surface area contributed by atoms with E-state index in [-0.39, 0.29) is 51.9 Å². The van der Waals surface area contributed by atoms with Gasteiger partial charge in [0.15, 0.2) is 22.6 Å². The number of methoxy groups -OCH3 is 1. The normalized spacial score (nSPS) is 12.6. The Labute approximate surface area is 618 Å². The van der Waals surface area contributed by atoms with E-state index in [0.717, 1.165) is 117 Å². The molecule has 1 saturated heterocycles. The smallest absolute Gasteiger partial charge is 0.327 e. The Bertz CT molecular complexity index is 5360. The summed E-state index contributed by atoms with van der Waals surface area (Å²) in [5.74, 6) is 0.0858. The molecule has 0 bridgehead atoms. The third kappa shape index (κ3) is 16.4. The summed E-state index contributed by atoms with van der Waals surface area (Å²) in [6.07, 6.45) is 17.1. The van der Waals surface area contributed by atoms with E-state index in [1.807, 2.05) is 38.3 Å². The SMILES string of the molecule is CCC(CC)n1c(=O)[nH]c2ncc(Cl)c(-c3ccc(Cl)c(F)c3)c21.CCC(CC)n1c(=O)[nH]c2ncc(Cl)c(-c3ccc(N4CCOCC4)cc3)c21.CCC(CC)n1c(=O)[nH]c2ncc(Cl)c(-c3ccc(NS(C)(=O)=O)cc3)c21.CCC(CC)n1c(=O)[nH]c2ncc(Cl)c(-c3cncc(OC)c3)c21. The number of fused-ring (bicyclic) bond motifs is 4. The van der Waals surface area contributed by atoms with Crippen molar-refractivity contribution in [2.24, 2.45) is 0 Å². The number of pyridine rings is 5. The molecule has 0 spiro atoms. The van der Waals surface area contributed by atoms with Crippen molar-refractivity contribution >= 4 is 124 Å². The highest BCUT2D eigenvalue weighted by Gasteiger charge is 2.27. The molecule has 9 aromatic heterocycles. The number of aromatic nitrogens is 13. The molecule has 1 aliphatic rings. The lowest BCUT2D eigenvalue weighted by atomic mass is 10.0. The number of sulfonamides is 1. The maximum Gasteiger partial charge on any atom is 0.327 e. The summed E-state index contributed by atoms with van der Waals surface area (Å²) in [5.41, 5.74) is 11.5. The quantitative estimate of drug-likeness (QED) is 0.0474. The molecule has 1 fully saturated rings. The number of anilines is 2. The molecule has 0 saturated carbocycles. The van der Waals surface area contributed by atoms with Gasteiger partial charge >= 0.3 is 22.8 Å². The number of halogens is 6. The van der Waals surface area contributed by atoms with Gasteiger partial charge in [-0.3, -0.25) is 47.9 Å². The van der Waals surface area contributed by atoms with Crippen LogP contribution in [-0.2, 0) is 14.8 Å². The van der Waals surface area contributed by atoms with Gasteiger partial charge in [-0.2, -0.15) is 0 Å². The molecule has 0 unspecified atom stereocenters. The highest BCUT2D eigenvalue weighted by molar-refractivity contribution is 7.92. The van der Waals surface area contributed by atoms with Gasteiger partial charge in [0.2, 0.25) is 10.0 Å². The minimum absolute atomic E-state index is 0.00224. The van der Waals surface area contributed by atoms with Gasteiger partial charge in [-0.05, 0) is 111 Å². The lowest BCUT2D eigenvalue weighted by Gasteiger charge is -2.29. The molecule has 5 N–H and O–H groups in total. The predicted octanol–water partition coefficient (Wildman–Crippen LogP) is 17.0. The average Bonchev–Trinajstić information content (AvgIpc) is 1.66. The van der Waals surface area contributed by atoms with Crippen LogP contribution in [0.15, 0.2) is 129 Å². The number of benzene rings is 3. The first-order valence-corrected chi connectivity index (χ1v) is 37.9. The van der Waals surface area contributed by atoms with Gasteiger partial charge in [-0.1, -0.05) is 144 Å². The molecule has 0 aliphatic carbocycles. The summed E-state index contributed by atoms with van der Waals surface area (Å²) < 4.78 is 56.8. The van der Waals surface area contributed by atoms with Crippen LogP contribution in [-0.4, -0.2) is 111 Å². The fourth-order valence-electron chi connectivity index (χ4n) is 13.3. The summed E-state index contributed by atoms with van der Waals surface area (Å²) in [6, 6.07) is 21.7. The summed E-state index contributed by atoms with van der Waals surface area (Å²) in [5, 5.41) is 1.82. The topological polar surface area (TPSA) is 283 Å². The number of aromatic amines is 4. The van der Waals surface area contributed by atoms with Crippen LogP contribution in [0.5, 0.6) is 5.75 Å². The Morgan fingerprint density at radius 3 is 1.16 bits per heavy atom. The van der Waals surface area contributed by atoms with Gasteiger partial charge in [0.25, 0.3) is 0 Å². The van der Waals surface area contributed by atoms with Crippen molar-refractivity contribution in [1.82, 2.24) is 63.1 Å². The lowest BCUT2D eigenvalue weighted by Crippen LogP contribution is -2.36. The first-order chi connectivity index (χ1) is 49.5. The van der Waals surface area contributed by atoms with Crippen molar-refractivity contribution in [3.63, 3.8) is 0 Å². The van der Waals surface area contributed by atoms with E-state index in [9.17, 15) is 32.0 Å². The van der Waals surface area contributed by atoms with Crippen molar-refractivity contribution in [3.05, 3.63) is 183 Å². The third-order valence-electron chi connectivity index (χ3n) is 18.5. The van der Waals surface area contributed by atoms with Crippen molar-refractivity contribution in [2.45, 2.75) is 131 Å². The summed E-state index contributed by atoms with van der Waals surface area (Å²) in [4.78, 5) is 85.1. The zero-order valence-electron chi connectivity index (χ0n) is 58.6. The first-order valence-electron chi connectivity index (χ1n) is 34.1. The van der Waals surface area contributed by atoms with E-state index >= 15 is 0 Å². The van der Waals surface area contributed by atoms with E-state index in [0.29, 0.717) is 87.4 Å². The molecule has 3 aromatic carbocycles. The molecule has 103 heavy (non-hydrogen) atoms. The Balaban J connectivity index is 0.000000148. The monoisotopic (exact) mass is 1520 g/mol. The van der Waals surface area contributed by atoms with E-state index in [4.69, 9.17) is 67.5 Å². The molecule has 23 nitrogen and oxygen atoms in total. The van der Waals surface area contributed by atoms with E-state index in [1.165, 1.54) is 30.2 Å². The second kappa shape index (κ2) is 33.7. The highest BCUT2D eigenvalue weighted by atomic mass is 35.5. The fourth-order valence-corrected chi connectivity index (χ4v) is 14.9. The van der Waals surface area contributed by atoms with Crippen LogP contribution in [0.3, 0.4) is 0 Å². The summed E-state index contributed by atoms with van der Waals surface area (Å²) in [6.45, 7) is 19.7. The van der Waals surface area contributed by atoms with Gasteiger partial charge in [0.05, 0.1) is 80.0 Å². The molecule has 0 amide bonds. The van der Waals surface area contributed by atoms with E-state index < -0.39 is 15.8 Å². The summed E-state index contributed by atoms with van der Waals surface area (Å²) in [7, 11) is -1.77. The minimum atomic E-state index is -3.36. The second-order valence-corrected chi connectivity index (χ2v) is 28.4. The first kappa shape index (κ1) is 76.8. The molecule has 1 aliphatic heterocycles. The molecule has 12 aromatic rings. The lowest BCUT2D eigenvalue weighted by molar-refractivity contribution is 0.122. The number of rotatable bonds is 20. The predicted molar refractivity (Wildman–Crippen MR) is 412 cm³/mol. The number of nitrogens with one attached hydrogen (secondary N) is 5. The van der Waals surface area contributed by atoms with Gasteiger partial charge in [0.1, 0.15) is 11.6 Å².